The van der Waals surface area contributed by atoms with Crippen LogP contribution in [0.15, 0.2) is 0 Å². The van der Waals surface area contributed by atoms with Gasteiger partial charge in [-0.2, -0.15) is 0 Å². The van der Waals surface area contributed by atoms with Crippen molar-refractivity contribution in [3.05, 3.63) is 0 Å². The lowest BCUT2D eigenvalue weighted by atomic mass is 9.99. The summed E-state index contributed by atoms with van der Waals surface area (Å²) in [5, 5.41) is 0. The minimum Gasteiger partial charge on any atom is -0.462 e. The summed E-state index contributed by atoms with van der Waals surface area (Å²) < 4.78 is 16.5. The van der Waals surface area contributed by atoms with Gasteiger partial charge in [-0.25, -0.2) is 0 Å². The first-order chi connectivity index (χ1) is 22.9. The molecule has 0 aliphatic heterocycles. The van der Waals surface area contributed by atoms with Gasteiger partial charge in [0.1, 0.15) is 13.2 Å². The molecule has 0 amide bonds. The van der Waals surface area contributed by atoms with Gasteiger partial charge in [-0.1, -0.05) is 182 Å². The Morgan fingerprint density at radius 2 is 0.745 bits per heavy atom. The Hall–Kier alpha value is -1.59. The smallest absolute Gasteiger partial charge is 0.306 e. The van der Waals surface area contributed by atoms with E-state index >= 15 is 0 Å². The van der Waals surface area contributed by atoms with Gasteiger partial charge in [0.15, 0.2) is 6.10 Å². The number of rotatable bonds is 36. The Morgan fingerprint density at radius 1 is 0.426 bits per heavy atom. The molecule has 0 fully saturated rings. The Kier molecular flexibility index (Phi) is 34.5. The summed E-state index contributed by atoms with van der Waals surface area (Å²) in [5.41, 5.74) is 0. The van der Waals surface area contributed by atoms with Gasteiger partial charge in [-0.05, 0) is 25.2 Å². The standard InChI is InChI=1S/C41H78O6/c1-5-8-10-12-13-14-15-16-17-21-25-28-32-39(42)45-35-38(47-41(44)34-30-23-11-9-6-2)36-46-40(43)33-29-26-22-19-18-20-24-27-31-37(4)7-3/h37-38H,5-36H2,1-4H3/t37?,38-/m0/s1. The van der Waals surface area contributed by atoms with E-state index in [1.54, 1.807) is 0 Å². The van der Waals surface area contributed by atoms with Gasteiger partial charge in [0.2, 0.25) is 0 Å². The lowest BCUT2D eigenvalue weighted by Gasteiger charge is -2.18. The lowest BCUT2D eigenvalue weighted by molar-refractivity contribution is -0.167. The first-order valence-electron chi connectivity index (χ1n) is 20.4. The fourth-order valence-corrected chi connectivity index (χ4v) is 5.89. The van der Waals surface area contributed by atoms with Crippen molar-refractivity contribution in [1.29, 1.82) is 0 Å². The molecule has 0 aliphatic rings. The molecule has 278 valence electrons. The summed E-state index contributed by atoms with van der Waals surface area (Å²) in [6.07, 6.45) is 32.5. The van der Waals surface area contributed by atoms with Crippen molar-refractivity contribution in [2.75, 3.05) is 13.2 Å². The first-order valence-corrected chi connectivity index (χ1v) is 20.4. The molecule has 0 bridgehead atoms. The maximum Gasteiger partial charge on any atom is 0.306 e. The van der Waals surface area contributed by atoms with E-state index in [0.29, 0.717) is 19.3 Å². The summed E-state index contributed by atoms with van der Waals surface area (Å²) in [7, 11) is 0. The zero-order valence-electron chi connectivity index (χ0n) is 31.7. The quantitative estimate of drug-likeness (QED) is 0.0376. The number of carbonyl (C=O) groups excluding carboxylic acids is 3. The molecular formula is C41H78O6. The van der Waals surface area contributed by atoms with E-state index in [0.717, 1.165) is 70.1 Å². The molecule has 0 saturated carbocycles. The van der Waals surface area contributed by atoms with Crippen LogP contribution in [0.2, 0.25) is 0 Å². The van der Waals surface area contributed by atoms with Crippen molar-refractivity contribution < 1.29 is 28.6 Å². The average Bonchev–Trinajstić information content (AvgIpc) is 3.06. The van der Waals surface area contributed by atoms with Gasteiger partial charge in [-0.15, -0.1) is 0 Å². The third-order valence-corrected chi connectivity index (χ3v) is 9.40. The van der Waals surface area contributed by atoms with Crippen LogP contribution in [0, 0.1) is 5.92 Å². The summed E-state index contributed by atoms with van der Waals surface area (Å²) in [6.45, 7) is 8.89. The number of carbonyl (C=O) groups is 3. The number of ether oxygens (including phenoxy) is 3. The molecule has 0 saturated heterocycles. The highest BCUT2D eigenvalue weighted by molar-refractivity contribution is 5.71. The number of hydrogen-bond acceptors (Lipinski definition) is 6. The third kappa shape index (κ3) is 34.1. The van der Waals surface area contributed by atoms with E-state index in [1.807, 2.05) is 0 Å². The highest BCUT2D eigenvalue weighted by atomic mass is 16.6. The minimum absolute atomic E-state index is 0.0662. The second-order valence-electron chi connectivity index (χ2n) is 14.2. The van der Waals surface area contributed by atoms with Crippen molar-refractivity contribution >= 4 is 17.9 Å². The first kappa shape index (κ1) is 45.4. The Balaban J connectivity index is 4.21. The second kappa shape index (κ2) is 35.7. The monoisotopic (exact) mass is 667 g/mol. The van der Waals surface area contributed by atoms with Crippen molar-refractivity contribution in [3.8, 4) is 0 Å². The maximum atomic E-state index is 12.5. The summed E-state index contributed by atoms with van der Waals surface area (Å²) >= 11 is 0. The summed E-state index contributed by atoms with van der Waals surface area (Å²) in [4.78, 5) is 37.3. The van der Waals surface area contributed by atoms with Crippen LogP contribution >= 0.6 is 0 Å². The predicted octanol–water partition coefficient (Wildman–Crippen LogP) is 12.4. The second-order valence-corrected chi connectivity index (χ2v) is 14.2. The Labute approximate surface area is 291 Å². The van der Waals surface area contributed by atoms with Gasteiger partial charge in [-0.3, -0.25) is 14.4 Å². The highest BCUT2D eigenvalue weighted by Crippen LogP contribution is 2.16. The Bertz CT molecular complexity index is 708. The molecule has 1 unspecified atom stereocenters. The molecule has 0 aromatic heterocycles. The van der Waals surface area contributed by atoms with Crippen molar-refractivity contribution in [1.82, 2.24) is 0 Å². The lowest BCUT2D eigenvalue weighted by Crippen LogP contribution is -2.30. The van der Waals surface area contributed by atoms with Gasteiger partial charge in [0.05, 0.1) is 0 Å². The van der Waals surface area contributed by atoms with Crippen LogP contribution in [0.3, 0.4) is 0 Å². The van der Waals surface area contributed by atoms with Crippen molar-refractivity contribution in [2.24, 2.45) is 5.92 Å². The molecule has 0 heterocycles. The van der Waals surface area contributed by atoms with Crippen LogP contribution in [0.5, 0.6) is 0 Å². The largest absolute Gasteiger partial charge is 0.462 e. The molecule has 0 aromatic carbocycles. The van der Waals surface area contributed by atoms with Crippen LogP contribution in [0.25, 0.3) is 0 Å². The average molecular weight is 667 g/mol. The normalized spacial score (nSPS) is 12.5. The van der Waals surface area contributed by atoms with Gasteiger partial charge in [0.25, 0.3) is 0 Å². The van der Waals surface area contributed by atoms with E-state index < -0.39 is 6.10 Å². The molecule has 0 spiro atoms. The summed E-state index contributed by atoms with van der Waals surface area (Å²) in [5.74, 6) is -0.0289. The molecule has 47 heavy (non-hydrogen) atoms. The molecule has 0 N–H and O–H groups in total. The van der Waals surface area contributed by atoms with E-state index in [-0.39, 0.29) is 31.1 Å². The van der Waals surface area contributed by atoms with E-state index in [1.165, 1.54) is 109 Å². The van der Waals surface area contributed by atoms with Crippen molar-refractivity contribution in [2.45, 2.75) is 226 Å². The molecule has 0 rings (SSSR count). The van der Waals surface area contributed by atoms with E-state index in [4.69, 9.17) is 14.2 Å². The van der Waals surface area contributed by atoms with Crippen LogP contribution in [0.1, 0.15) is 220 Å². The SMILES string of the molecule is CCCCCCCCCCCCCCC(=O)OC[C@@H](COC(=O)CCCCCCCCCCC(C)CC)OC(=O)CCCCCCC. The van der Waals surface area contributed by atoms with E-state index in [9.17, 15) is 14.4 Å². The van der Waals surface area contributed by atoms with Gasteiger partial charge >= 0.3 is 17.9 Å². The zero-order valence-corrected chi connectivity index (χ0v) is 31.7. The third-order valence-electron chi connectivity index (χ3n) is 9.40. The minimum atomic E-state index is -0.756. The molecule has 0 aromatic rings. The molecule has 0 radical (unpaired) electrons. The van der Waals surface area contributed by atoms with Gasteiger partial charge in [0, 0.05) is 19.3 Å². The van der Waals surface area contributed by atoms with Crippen LogP contribution in [-0.2, 0) is 28.6 Å². The van der Waals surface area contributed by atoms with Crippen LogP contribution in [0.4, 0.5) is 0 Å². The topological polar surface area (TPSA) is 78.9 Å². The van der Waals surface area contributed by atoms with Crippen LogP contribution < -0.4 is 0 Å². The van der Waals surface area contributed by atoms with Crippen LogP contribution in [-0.4, -0.2) is 37.2 Å². The predicted molar refractivity (Wildman–Crippen MR) is 196 cm³/mol. The summed E-state index contributed by atoms with van der Waals surface area (Å²) in [6, 6.07) is 0. The molecule has 6 nitrogen and oxygen atoms in total. The molecule has 2 atom stereocenters. The Morgan fingerprint density at radius 3 is 1.11 bits per heavy atom. The van der Waals surface area contributed by atoms with E-state index in [2.05, 4.69) is 27.7 Å². The molecular weight excluding hydrogens is 588 g/mol. The van der Waals surface area contributed by atoms with Crippen molar-refractivity contribution in [3.63, 3.8) is 0 Å². The fraction of sp³-hybridized carbons (Fsp3) is 0.927. The number of esters is 3. The van der Waals surface area contributed by atoms with Gasteiger partial charge < -0.3 is 14.2 Å². The molecule has 6 heteroatoms. The fourth-order valence-electron chi connectivity index (χ4n) is 5.89. The zero-order chi connectivity index (χ0) is 34.6. The number of hydrogen-bond donors (Lipinski definition) is 0. The highest BCUT2D eigenvalue weighted by Gasteiger charge is 2.19. The maximum absolute atomic E-state index is 12.5. The number of unbranched alkanes of at least 4 members (excludes halogenated alkanes) is 22. The molecule has 0 aliphatic carbocycles.